The van der Waals surface area contributed by atoms with Crippen LogP contribution in [0.4, 0.5) is 5.69 Å². The van der Waals surface area contributed by atoms with Gasteiger partial charge >= 0.3 is 0 Å². The van der Waals surface area contributed by atoms with E-state index in [2.05, 4.69) is 12.2 Å². The normalized spacial score (nSPS) is 11.6. The monoisotopic (exact) mass is 374 g/mol. The van der Waals surface area contributed by atoms with Crippen molar-refractivity contribution in [2.24, 2.45) is 0 Å². The molecule has 0 spiro atoms. The predicted octanol–water partition coefficient (Wildman–Crippen LogP) is 3.43. The highest BCUT2D eigenvalue weighted by atomic mass is 32.2. The summed E-state index contributed by atoms with van der Waals surface area (Å²) in [5.41, 5.74) is 4.21. The Kier molecular flexibility index (Phi) is 6.21. The smallest absolute Gasteiger partial charge is 0.243 e. The zero-order valence-electron chi connectivity index (χ0n) is 16.0. The minimum atomic E-state index is -3.74. The molecule has 0 aliphatic rings. The first-order valence-electron chi connectivity index (χ1n) is 8.58. The van der Waals surface area contributed by atoms with Crippen molar-refractivity contribution in [1.82, 2.24) is 4.31 Å². The second-order valence-corrected chi connectivity index (χ2v) is 8.57. The fraction of sp³-hybridized carbons (Fsp3) is 0.350. The Labute approximate surface area is 156 Å². The van der Waals surface area contributed by atoms with Crippen molar-refractivity contribution in [2.45, 2.75) is 39.0 Å². The summed E-state index contributed by atoms with van der Waals surface area (Å²) < 4.78 is 26.9. The van der Waals surface area contributed by atoms with Gasteiger partial charge in [-0.3, -0.25) is 4.79 Å². The van der Waals surface area contributed by atoms with Gasteiger partial charge in [-0.1, -0.05) is 36.8 Å². The van der Waals surface area contributed by atoms with Crippen LogP contribution in [0.15, 0.2) is 41.3 Å². The second-order valence-electron chi connectivity index (χ2n) is 6.59. The van der Waals surface area contributed by atoms with Crippen molar-refractivity contribution < 1.29 is 13.2 Å². The lowest BCUT2D eigenvalue weighted by molar-refractivity contribution is -0.116. The maximum absolute atomic E-state index is 12.9. The van der Waals surface area contributed by atoms with Gasteiger partial charge in [0.1, 0.15) is 0 Å². The summed E-state index contributed by atoms with van der Waals surface area (Å²) in [5, 5.41) is 2.74. The molecule has 0 bridgehead atoms. The van der Waals surface area contributed by atoms with E-state index in [1.54, 1.807) is 13.8 Å². The average Bonchev–Trinajstić information content (AvgIpc) is 2.54. The van der Waals surface area contributed by atoms with E-state index >= 15 is 0 Å². The van der Waals surface area contributed by atoms with E-state index in [1.807, 2.05) is 43.3 Å². The summed E-state index contributed by atoms with van der Waals surface area (Å²) >= 11 is 0. The van der Waals surface area contributed by atoms with Crippen LogP contribution in [-0.2, 0) is 21.2 Å². The number of benzene rings is 2. The summed E-state index contributed by atoms with van der Waals surface area (Å²) in [7, 11) is -2.32. The average molecular weight is 375 g/mol. The Bertz CT molecular complexity index is 880. The van der Waals surface area contributed by atoms with Crippen LogP contribution in [0, 0.1) is 20.8 Å². The summed E-state index contributed by atoms with van der Waals surface area (Å²) in [4.78, 5) is 12.5. The molecule has 0 saturated carbocycles. The van der Waals surface area contributed by atoms with Gasteiger partial charge in [0.05, 0.1) is 11.4 Å². The molecule has 0 atom stereocenters. The number of carbonyl (C=O) groups excluding carboxylic acids is 1. The van der Waals surface area contributed by atoms with Crippen molar-refractivity contribution in [3.63, 3.8) is 0 Å². The molecule has 0 radical (unpaired) electrons. The SMILES string of the molecule is CCc1ccc(NC(=O)CN(C)S(=O)(=O)c2c(C)cc(C)cc2C)cc1. The number of sulfonamides is 1. The van der Waals surface area contributed by atoms with Crippen LogP contribution in [0.3, 0.4) is 0 Å². The molecule has 140 valence electrons. The molecule has 0 aliphatic carbocycles. The molecule has 0 heterocycles. The van der Waals surface area contributed by atoms with Gasteiger partial charge in [-0.15, -0.1) is 0 Å². The number of nitrogens with zero attached hydrogens (tertiary/aromatic N) is 1. The summed E-state index contributed by atoms with van der Waals surface area (Å²) in [5.74, 6) is -0.372. The van der Waals surface area contributed by atoms with Crippen LogP contribution in [0.5, 0.6) is 0 Å². The Morgan fingerprint density at radius 2 is 1.58 bits per heavy atom. The standard InChI is InChI=1S/C20H26N2O3S/c1-6-17-7-9-18(10-8-17)21-19(23)13-22(5)26(24,25)20-15(3)11-14(2)12-16(20)4/h7-12H,6,13H2,1-5H3,(H,21,23). The molecule has 2 aromatic rings. The number of hydrogen-bond acceptors (Lipinski definition) is 3. The minimum absolute atomic E-state index is 0.245. The fourth-order valence-electron chi connectivity index (χ4n) is 3.04. The number of rotatable bonds is 6. The van der Waals surface area contributed by atoms with Crippen molar-refractivity contribution >= 4 is 21.6 Å². The highest BCUT2D eigenvalue weighted by molar-refractivity contribution is 7.89. The number of nitrogens with one attached hydrogen (secondary N) is 1. The van der Waals surface area contributed by atoms with E-state index in [1.165, 1.54) is 12.6 Å². The van der Waals surface area contributed by atoms with Crippen molar-refractivity contribution in [3.05, 3.63) is 58.7 Å². The molecule has 2 rings (SSSR count). The maximum Gasteiger partial charge on any atom is 0.243 e. The molecule has 1 N–H and O–H groups in total. The molecule has 0 unspecified atom stereocenters. The van der Waals surface area contributed by atoms with Crippen LogP contribution in [0.1, 0.15) is 29.2 Å². The Morgan fingerprint density at radius 1 is 1.04 bits per heavy atom. The number of anilines is 1. The molecule has 0 aromatic heterocycles. The highest BCUT2D eigenvalue weighted by Gasteiger charge is 2.26. The van der Waals surface area contributed by atoms with Crippen molar-refractivity contribution in [3.8, 4) is 0 Å². The van der Waals surface area contributed by atoms with E-state index in [0.717, 1.165) is 16.3 Å². The minimum Gasteiger partial charge on any atom is -0.325 e. The van der Waals surface area contributed by atoms with Gasteiger partial charge in [0.15, 0.2) is 0 Å². The van der Waals surface area contributed by atoms with Crippen molar-refractivity contribution in [2.75, 3.05) is 18.9 Å². The van der Waals surface area contributed by atoms with Crippen LogP contribution in [0.2, 0.25) is 0 Å². The second kappa shape index (κ2) is 8.01. The lowest BCUT2D eigenvalue weighted by Gasteiger charge is -2.20. The number of likely N-dealkylation sites (N-methyl/N-ethyl adjacent to an activating group) is 1. The van der Waals surface area contributed by atoms with Crippen LogP contribution in [-0.4, -0.2) is 32.2 Å². The Balaban J connectivity index is 2.15. The van der Waals surface area contributed by atoms with Gasteiger partial charge in [-0.2, -0.15) is 4.31 Å². The lowest BCUT2D eigenvalue weighted by atomic mass is 10.1. The topological polar surface area (TPSA) is 66.5 Å². The van der Waals surface area contributed by atoms with E-state index < -0.39 is 10.0 Å². The zero-order valence-corrected chi connectivity index (χ0v) is 16.8. The third-order valence-corrected chi connectivity index (χ3v) is 6.39. The lowest BCUT2D eigenvalue weighted by Crippen LogP contribution is -2.35. The first kappa shape index (κ1) is 20.1. The maximum atomic E-state index is 12.9. The Hall–Kier alpha value is -2.18. The van der Waals surface area contributed by atoms with E-state index in [0.29, 0.717) is 16.8 Å². The number of aryl methyl sites for hydroxylation is 4. The van der Waals surface area contributed by atoms with Crippen LogP contribution >= 0.6 is 0 Å². The molecule has 6 heteroatoms. The first-order valence-corrected chi connectivity index (χ1v) is 10.0. The molecule has 5 nitrogen and oxygen atoms in total. The van der Waals surface area contributed by atoms with E-state index in [-0.39, 0.29) is 17.3 Å². The fourth-order valence-corrected chi connectivity index (χ4v) is 4.57. The largest absolute Gasteiger partial charge is 0.325 e. The van der Waals surface area contributed by atoms with Crippen LogP contribution in [0.25, 0.3) is 0 Å². The summed E-state index contributed by atoms with van der Waals surface area (Å²) in [6, 6.07) is 11.2. The molecule has 0 saturated heterocycles. The van der Waals surface area contributed by atoms with Gasteiger partial charge in [-0.05, 0) is 56.0 Å². The first-order chi connectivity index (χ1) is 12.1. The van der Waals surface area contributed by atoms with Gasteiger partial charge in [0.2, 0.25) is 15.9 Å². The molecule has 0 aliphatic heterocycles. The number of amides is 1. The van der Waals surface area contributed by atoms with Gasteiger partial charge < -0.3 is 5.32 Å². The third-order valence-electron chi connectivity index (χ3n) is 4.29. The van der Waals surface area contributed by atoms with Gasteiger partial charge in [0.25, 0.3) is 0 Å². The Morgan fingerprint density at radius 3 is 2.08 bits per heavy atom. The number of hydrogen-bond donors (Lipinski definition) is 1. The zero-order chi connectivity index (χ0) is 19.5. The van der Waals surface area contributed by atoms with Gasteiger partial charge in [-0.25, -0.2) is 8.42 Å². The number of carbonyl (C=O) groups is 1. The molecular formula is C20H26N2O3S. The molecule has 0 fully saturated rings. The van der Waals surface area contributed by atoms with Gasteiger partial charge in [0, 0.05) is 12.7 Å². The molecular weight excluding hydrogens is 348 g/mol. The third kappa shape index (κ3) is 4.51. The quantitative estimate of drug-likeness (QED) is 0.842. The molecule has 26 heavy (non-hydrogen) atoms. The molecule has 2 aromatic carbocycles. The summed E-state index contributed by atoms with van der Waals surface area (Å²) in [6.07, 6.45) is 0.921. The van der Waals surface area contributed by atoms with E-state index in [9.17, 15) is 13.2 Å². The van der Waals surface area contributed by atoms with Crippen LogP contribution < -0.4 is 5.32 Å². The molecule has 1 amide bonds. The highest BCUT2D eigenvalue weighted by Crippen LogP contribution is 2.24. The predicted molar refractivity (Wildman–Crippen MR) is 105 cm³/mol. The van der Waals surface area contributed by atoms with Crippen molar-refractivity contribution in [1.29, 1.82) is 0 Å². The summed E-state index contributed by atoms with van der Waals surface area (Å²) in [6.45, 7) is 7.29. The van der Waals surface area contributed by atoms with E-state index in [4.69, 9.17) is 0 Å².